The van der Waals surface area contributed by atoms with Gasteiger partial charge in [-0.05, 0) is 54.9 Å². The third kappa shape index (κ3) is 1.71. The molecule has 116 valence electrons. The second-order valence-corrected chi connectivity index (χ2v) is 6.68. The second kappa shape index (κ2) is 4.87. The number of ketones is 1. The average Bonchev–Trinajstić information content (AvgIpc) is 2.91. The Labute approximate surface area is 131 Å². The molecule has 0 bridgehead atoms. The summed E-state index contributed by atoms with van der Waals surface area (Å²) in [6.45, 7) is 2.81. The Bertz CT molecular complexity index is 673. The lowest BCUT2D eigenvalue weighted by atomic mass is 9.63. The standard InChI is InChI=1S/C19H22O3/c1-3-19-9-8-13-14-5-4-12(21-2)10-17(14)22-11-15(13)16(19)6-7-18(19)20/h4-5,10,16H,3,6-9,11H2,1-2H3/t16?,19-/m0/s1. The summed E-state index contributed by atoms with van der Waals surface area (Å²) in [7, 11) is 1.68. The predicted octanol–water partition coefficient (Wildman–Crippen LogP) is 4.01. The van der Waals surface area contributed by atoms with Crippen molar-refractivity contribution < 1.29 is 14.3 Å². The summed E-state index contributed by atoms with van der Waals surface area (Å²) >= 11 is 0. The third-order valence-corrected chi connectivity index (χ3v) is 6.04. The van der Waals surface area contributed by atoms with Crippen molar-refractivity contribution in [3.63, 3.8) is 0 Å². The molecule has 1 aliphatic heterocycles. The Hall–Kier alpha value is -1.77. The van der Waals surface area contributed by atoms with E-state index >= 15 is 0 Å². The Balaban J connectivity index is 1.81. The predicted molar refractivity (Wildman–Crippen MR) is 85.1 cm³/mol. The maximum Gasteiger partial charge on any atom is 0.139 e. The van der Waals surface area contributed by atoms with Gasteiger partial charge in [0.05, 0.1) is 7.11 Å². The molecule has 2 atom stereocenters. The van der Waals surface area contributed by atoms with Gasteiger partial charge in [-0.3, -0.25) is 4.79 Å². The van der Waals surface area contributed by atoms with Gasteiger partial charge in [0, 0.05) is 23.5 Å². The topological polar surface area (TPSA) is 35.5 Å². The highest BCUT2D eigenvalue weighted by atomic mass is 16.5. The van der Waals surface area contributed by atoms with Gasteiger partial charge in [0.25, 0.3) is 0 Å². The first-order valence-electron chi connectivity index (χ1n) is 8.26. The minimum atomic E-state index is -0.105. The quantitative estimate of drug-likeness (QED) is 0.827. The van der Waals surface area contributed by atoms with Crippen LogP contribution in [0, 0.1) is 11.3 Å². The molecule has 3 aliphatic rings. The van der Waals surface area contributed by atoms with Crippen LogP contribution in [0.2, 0.25) is 0 Å². The number of Topliss-reactive ketones (excluding diaryl/α,β-unsaturated/α-hetero) is 1. The monoisotopic (exact) mass is 298 g/mol. The Morgan fingerprint density at radius 1 is 1.36 bits per heavy atom. The number of carbonyl (C=O) groups excluding carboxylic acids is 1. The zero-order valence-electron chi connectivity index (χ0n) is 13.3. The first-order valence-corrected chi connectivity index (χ1v) is 8.26. The fourth-order valence-corrected chi connectivity index (χ4v) is 4.80. The fourth-order valence-electron chi connectivity index (χ4n) is 4.80. The van der Waals surface area contributed by atoms with E-state index in [1.807, 2.05) is 12.1 Å². The van der Waals surface area contributed by atoms with Crippen molar-refractivity contribution in [2.45, 2.75) is 39.0 Å². The van der Waals surface area contributed by atoms with Gasteiger partial charge >= 0.3 is 0 Å². The van der Waals surface area contributed by atoms with Gasteiger partial charge in [0.15, 0.2) is 0 Å². The van der Waals surface area contributed by atoms with Crippen molar-refractivity contribution in [3.05, 3.63) is 29.3 Å². The first kappa shape index (κ1) is 13.9. The lowest BCUT2D eigenvalue weighted by molar-refractivity contribution is -0.127. The molecular formula is C19H22O3. The maximum absolute atomic E-state index is 12.5. The van der Waals surface area contributed by atoms with E-state index in [4.69, 9.17) is 9.47 Å². The van der Waals surface area contributed by atoms with Gasteiger partial charge in [0.1, 0.15) is 23.9 Å². The van der Waals surface area contributed by atoms with E-state index in [0.717, 1.165) is 43.6 Å². The van der Waals surface area contributed by atoms with Crippen LogP contribution in [0.5, 0.6) is 11.5 Å². The summed E-state index contributed by atoms with van der Waals surface area (Å²) in [5, 5.41) is 0. The molecule has 4 rings (SSSR count). The van der Waals surface area contributed by atoms with Gasteiger partial charge in [-0.15, -0.1) is 0 Å². The van der Waals surface area contributed by atoms with Crippen molar-refractivity contribution in [1.82, 2.24) is 0 Å². The molecular weight excluding hydrogens is 276 g/mol. The lowest BCUT2D eigenvalue weighted by Gasteiger charge is -2.42. The van der Waals surface area contributed by atoms with E-state index in [-0.39, 0.29) is 5.41 Å². The molecule has 1 heterocycles. The van der Waals surface area contributed by atoms with Crippen LogP contribution in [-0.4, -0.2) is 19.5 Å². The van der Waals surface area contributed by atoms with Crippen LogP contribution >= 0.6 is 0 Å². The fraction of sp³-hybridized carbons (Fsp3) is 0.526. The van der Waals surface area contributed by atoms with E-state index in [2.05, 4.69) is 13.0 Å². The van der Waals surface area contributed by atoms with Gasteiger partial charge in [-0.2, -0.15) is 0 Å². The van der Waals surface area contributed by atoms with Gasteiger partial charge in [0.2, 0.25) is 0 Å². The van der Waals surface area contributed by atoms with Crippen molar-refractivity contribution in [2.24, 2.45) is 11.3 Å². The number of hydrogen-bond donors (Lipinski definition) is 0. The van der Waals surface area contributed by atoms with E-state index in [1.165, 1.54) is 16.7 Å². The number of fused-ring (bicyclic) bond motifs is 4. The Morgan fingerprint density at radius 3 is 3.00 bits per heavy atom. The summed E-state index contributed by atoms with van der Waals surface area (Å²) in [4.78, 5) is 12.5. The molecule has 0 aromatic heterocycles. The number of carbonyl (C=O) groups is 1. The molecule has 1 unspecified atom stereocenters. The molecule has 0 radical (unpaired) electrons. The number of ether oxygens (including phenoxy) is 2. The molecule has 1 saturated carbocycles. The minimum Gasteiger partial charge on any atom is -0.497 e. The van der Waals surface area contributed by atoms with Crippen LogP contribution in [0.1, 0.15) is 44.6 Å². The molecule has 2 aliphatic carbocycles. The maximum atomic E-state index is 12.5. The normalized spacial score (nSPS) is 29.5. The smallest absolute Gasteiger partial charge is 0.139 e. The largest absolute Gasteiger partial charge is 0.497 e. The number of methoxy groups -OCH3 is 1. The molecule has 3 heteroatoms. The third-order valence-electron chi connectivity index (χ3n) is 6.04. The van der Waals surface area contributed by atoms with Crippen LogP contribution in [0.15, 0.2) is 23.8 Å². The number of rotatable bonds is 2. The van der Waals surface area contributed by atoms with E-state index in [1.54, 1.807) is 7.11 Å². The van der Waals surface area contributed by atoms with Crippen molar-refractivity contribution in [1.29, 1.82) is 0 Å². The van der Waals surface area contributed by atoms with Gasteiger partial charge < -0.3 is 9.47 Å². The SMILES string of the molecule is CC[C@]12CCC3=C(COc4cc(OC)ccc43)C1CCC2=O. The van der Waals surface area contributed by atoms with E-state index in [9.17, 15) is 4.79 Å². The molecule has 0 amide bonds. The summed E-state index contributed by atoms with van der Waals surface area (Å²) < 4.78 is 11.3. The Kier molecular flexibility index (Phi) is 3.07. The molecule has 22 heavy (non-hydrogen) atoms. The molecule has 1 fully saturated rings. The molecule has 0 spiro atoms. The van der Waals surface area contributed by atoms with Gasteiger partial charge in [-0.1, -0.05) is 6.92 Å². The lowest BCUT2D eigenvalue weighted by Crippen LogP contribution is -2.38. The van der Waals surface area contributed by atoms with Crippen molar-refractivity contribution in [3.8, 4) is 11.5 Å². The van der Waals surface area contributed by atoms with E-state index in [0.29, 0.717) is 18.3 Å². The molecule has 1 aromatic rings. The van der Waals surface area contributed by atoms with Crippen LogP contribution in [0.4, 0.5) is 0 Å². The number of allylic oxidation sites excluding steroid dienone is 1. The summed E-state index contributed by atoms with van der Waals surface area (Å²) in [6, 6.07) is 6.08. The van der Waals surface area contributed by atoms with Crippen LogP contribution in [0.3, 0.4) is 0 Å². The van der Waals surface area contributed by atoms with E-state index < -0.39 is 0 Å². The highest BCUT2D eigenvalue weighted by molar-refractivity contribution is 5.90. The molecule has 0 N–H and O–H groups in total. The molecule has 1 aromatic carbocycles. The highest BCUT2D eigenvalue weighted by Crippen LogP contribution is 2.57. The van der Waals surface area contributed by atoms with Crippen molar-refractivity contribution in [2.75, 3.05) is 13.7 Å². The number of benzene rings is 1. The second-order valence-electron chi connectivity index (χ2n) is 6.68. The summed E-state index contributed by atoms with van der Waals surface area (Å²) in [6.07, 6.45) is 4.69. The number of hydrogen-bond acceptors (Lipinski definition) is 3. The minimum absolute atomic E-state index is 0.105. The molecule has 3 nitrogen and oxygen atoms in total. The zero-order chi connectivity index (χ0) is 15.3. The van der Waals surface area contributed by atoms with Gasteiger partial charge in [-0.25, -0.2) is 0 Å². The van der Waals surface area contributed by atoms with Crippen LogP contribution in [0.25, 0.3) is 5.57 Å². The first-order chi connectivity index (χ1) is 10.7. The highest BCUT2D eigenvalue weighted by Gasteiger charge is 2.52. The summed E-state index contributed by atoms with van der Waals surface area (Å²) in [5.74, 6) is 2.63. The molecule has 0 saturated heterocycles. The van der Waals surface area contributed by atoms with Crippen LogP contribution in [-0.2, 0) is 4.79 Å². The average molecular weight is 298 g/mol. The zero-order valence-corrected chi connectivity index (χ0v) is 13.3. The summed E-state index contributed by atoms with van der Waals surface area (Å²) in [5.41, 5.74) is 3.90. The Morgan fingerprint density at radius 2 is 2.23 bits per heavy atom. The van der Waals surface area contributed by atoms with Crippen LogP contribution < -0.4 is 9.47 Å². The van der Waals surface area contributed by atoms with Crippen molar-refractivity contribution >= 4 is 11.4 Å².